The second-order valence-corrected chi connectivity index (χ2v) is 5.79. The number of rotatable bonds is 4. The molecule has 104 valence electrons. The molecule has 1 aliphatic rings. The molecule has 1 heterocycles. The van der Waals surface area contributed by atoms with Crippen LogP contribution in [0.15, 0.2) is 18.2 Å². The number of amides is 1. The molecular formula is C14H18Cl2N2O. The topological polar surface area (TPSA) is 32.3 Å². The molecular weight excluding hydrogens is 283 g/mol. The molecule has 0 aromatic heterocycles. The van der Waals surface area contributed by atoms with E-state index in [9.17, 15) is 4.79 Å². The van der Waals surface area contributed by atoms with Crippen LogP contribution in [0.25, 0.3) is 0 Å². The van der Waals surface area contributed by atoms with Gasteiger partial charge in [-0.3, -0.25) is 4.79 Å². The molecule has 5 heteroatoms. The van der Waals surface area contributed by atoms with Gasteiger partial charge < -0.3 is 10.2 Å². The number of nitrogens with zero attached hydrogens (tertiary/aromatic N) is 1. The molecule has 1 fully saturated rings. The van der Waals surface area contributed by atoms with Crippen molar-refractivity contribution in [2.24, 2.45) is 0 Å². The van der Waals surface area contributed by atoms with Crippen molar-refractivity contribution in [2.75, 3.05) is 13.1 Å². The number of carbonyl (C=O) groups excluding carboxylic acids is 1. The number of hydrogen-bond donors (Lipinski definition) is 1. The summed E-state index contributed by atoms with van der Waals surface area (Å²) in [6.45, 7) is 4.25. The Morgan fingerprint density at radius 1 is 1.26 bits per heavy atom. The van der Waals surface area contributed by atoms with Gasteiger partial charge in [-0.2, -0.15) is 0 Å². The summed E-state index contributed by atoms with van der Waals surface area (Å²) in [6.07, 6.45) is 2.23. The minimum Gasteiger partial charge on any atom is -0.341 e. The first kappa shape index (κ1) is 14.6. The lowest BCUT2D eigenvalue weighted by Gasteiger charge is -2.21. The van der Waals surface area contributed by atoms with E-state index in [2.05, 4.69) is 5.32 Å². The van der Waals surface area contributed by atoms with Gasteiger partial charge in [0.1, 0.15) is 0 Å². The maximum atomic E-state index is 12.1. The summed E-state index contributed by atoms with van der Waals surface area (Å²) >= 11 is 11.9. The van der Waals surface area contributed by atoms with Crippen LogP contribution in [0.4, 0.5) is 0 Å². The van der Waals surface area contributed by atoms with E-state index >= 15 is 0 Å². The normalized spacial score (nSPS) is 16.7. The lowest BCUT2D eigenvalue weighted by Crippen LogP contribution is -2.43. The molecule has 0 spiro atoms. The van der Waals surface area contributed by atoms with Gasteiger partial charge in [0.2, 0.25) is 5.91 Å². The van der Waals surface area contributed by atoms with Gasteiger partial charge in [0.25, 0.3) is 0 Å². The van der Waals surface area contributed by atoms with Gasteiger partial charge in [0.05, 0.1) is 6.04 Å². The summed E-state index contributed by atoms with van der Waals surface area (Å²) in [6, 6.07) is 5.22. The molecule has 2 rings (SSSR count). The Hall–Kier alpha value is -0.770. The van der Waals surface area contributed by atoms with Crippen LogP contribution in [0.2, 0.25) is 10.0 Å². The van der Waals surface area contributed by atoms with Crippen molar-refractivity contribution in [2.45, 2.75) is 32.4 Å². The molecule has 0 aliphatic carbocycles. The lowest BCUT2D eigenvalue weighted by molar-refractivity contribution is -0.131. The van der Waals surface area contributed by atoms with Crippen LogP contribution >= 0.6 is 23.2 Å². The first-order valence-electron chi connectivity index (χ1n) is 6.53. The van der Waals surface area contributed by atoms with Crippen molar-refractivity contribution >= 4 is 29.1 Å². The number of carbonyl (C=O) groups is 1. The number of halogens is 2. The molecule has 0 radical (unpaired) electrons. The lowest BCUT2D eigenvalue weighted by atomic mass is 10.2. The summed E-state index contributed by atoms with van der Waals surface area (Å²) in [5, 5.41) is 4.45. The maximum Gasteiger partial charge on any atom is 0.239 e. The van der Waals surface area contributed by atoms with E-state index in [1.165, 1.54) is 0 Å². The Balaban J connectivity index is 1.88. The van der Waals surface area contributed by atoms with E-state index in [4.69, 9.17) is 23.2 Å². The van der Waals surface area contributed by atoms with E-state index < -0.39 is 0 Å². The van der Waals surface area contributed by atoms with Crippen molar-refractivity contribution in [3.05, 3.63) is 33.8 Å². The monoisotopic (exact) mass is 300 g/mol. The highest BCUT2D eigenvalue weighted by Crippen LogP contribution is 2.19. The van der Waals surface area contributed by atoms with E-state index in [0.717, 1.165) is 31.5 Å². The van der Waals surface area contributed by atoms with Crippen LogP contribution < -0.4 is 5.32 Å². The molecule has 1 aliphatic heterocycles. The second-order valence-electron chi connectivity index (χ2n) is 4.91. The molecule has 1 atom stereocenters. The van der Waals surface area contributed by atoms with E-state index in [-0.39, 0.29) is 11.9 Å². The molecule has 1 aromatic rings. The average molecular weight is 301 g/mol. The molecule has 1 N–H and O–H groups in total. The first-order chi connectivity index (χ1) is 9.06. The fourth-order valence-electron chi connectivity index (χ4n) is 2.28. The number of nitrogens with one attached hydrogen (secondary N) is 1. The van der Waals surface area contributed by atoms with Crippen molar-refractivity contribution in [3.8, 4) is 0 Å². The van der Waals surface area contributed by atoms with Gasteiger partial charge >= 0.3 is 0 Å². The van der Waals surface area contributed by atoms with Crippen LogP contribution in [0.1, 0.15) is 25.3 Å². The average Bonchev–Trinajstić information content (AvgIpc) is 2.87. The third kappa shape index (κ3) is 4.10. The largest absolute Gasteiger partial charge is 0.341 e. The minimum atomic E-state index is -0.184. The first-order valence-corrected chi connectivity index (χ1v) is 7.29. The zero-order valence-electron chi connectivity index (χ0n) is 11.0. The zero-order chi connectivity index (χ0) is 13.8. The van der Waals surface area contributed by atoms with Crippen LogP contribution in [-0.2, 0) is 11.3 Å². The summed E-state index contributed by atoms with van der Waals surface area (Å²) in [5.74, 6) is 0.172. The molecule has 0 saturated carbocycles. The Morgan fingerprint density at radius 3 is 2.42 bits per heavy atom. The number of likely N-dealkylation sites (tertiary alicyclic amines) is 1. The van der Waals surface area contributed by atoms with Gasteiger partial charge in [-0.15, -0.1) is 0 Å². The molecule has 1 saturated heterocycles. The predicted octanol–water partition coefficient (Wildman–Crippen LogP) is 3.09. The SMILES string of the molecule is CC(NCc1cc(Cl)cc(Cl)c1)C(=O)N1CCCC1. The maximum absolute atomic E-state index is 12.1. The number of hydrogen-bond acceptors (Lipinski definition) is 2. The van der Waals surface area contributed by atoms with Gasteiger partial charge in [-0.05, 0) is 43.5 Å². The fraction of sp³-hybridized carbons (Fsp3) is 0.500. The van der Waals surface area contributed by atoms with Crippen molar-refractivity contribution in [1.29, 1.82) is 0 Å². The molecule has 19 heavy (non-hydrogen) atoms. The standard InChI is InChI=1S/C14H18Cl2N2O/c1-10(14(19)18-4-2-3-5-18)17-9-11-6-12(15)8-13(16)7-11/h6-8,10,17H,2-5,9H2,1H3. The van der Waals surface area contributed by atoms with Crippen molar-refractivity contribution < 1.29 is 4.79 Å². The van der Waals surface area contributed by atoms with Crippen LogP contribution in [-0.4, -0.2) is 29.9 Å². The molecule has 1 unspecified atom stereocenters. The molecule has 1 aromatic carbocycles. The Bertz CT molecular complexity index is 439. The van der Waals surface area contributed by atoms with Gasteiger partial charge in [-0.25, -0.2) is 0 Å². The van der Waals surface area contributed by atoms with Gasteiger partial charge in [0.15, 0.2) is 0 Å². The number of benzene rings is 1. The quantitative estimate of drug-likeness (QED) is 0.927. The Kier molecular flexibility index (Phi) is 5.08. The van der Waals surface area contributed by atoms with E-state index in [1.807, 2.05) is 24.0 Å². The highest BCUT2D eigenvalue weighted by Gasteiger charge is 2.22. The summed E-state index contributed by atoms with van der Waals surface area (Å²) in [4.78, 5) is 14.0. The zero-order valence-corrected chi connectivity index (χ0v) is 12.5. The van der Waals surface area contributed by atoms with Crippen LogP contribution in [0.5, 0.6) is 0 Å². The third-order valence-corrected chi connectivity index (χ3v) is 3.76. The fourth-order valence-corrected chi connectivity index (χ4v) is 2.85. The molecule has 1 amide bonds. The summed E-state index contributed by atoms with van der Waals surface area (Å²) < 4.78 is 0. The summed E-state index contributed by atoms with van der Waals surface area (Å²) in [7, 11) is 0. The van der Waals surface area contributed by atoms with Gasteiger partial charge in [-0.1, -0.05) is 23.2 Å². The van der Waals surface area contributed by atoms with Crippen LogP contribution in [0, 0.1) is 0 Å². The van der Waals surface area contributed by atoms with E-state index in [1.54, 1.807) is 6.07 Å². The second kappa shape index (κ2) is 6.60. The minimum absolute atomic E-state index is 0.172. The Morgan fingerprint density at radius 2 is 1.84 bits per heavy atom. The summed E-state index contributed by atoms with van der Waals surface area (Å²) in [5.41, 5.74) is 0.985. The van der Waals surface area contributed by atoms with Crippen LogP contribution in [0.3, 0.4) is 0 Å². The molecule has 0 bridgehead atoms. The smallest absolute Gasteiger partial charge is 0.239 e. The predicted molar refractivity (Wildman–Crippen MR) is 78.6 cm³/mol. The Labute approximate surface area is 123 Å². The van der Waals surface area contributed by atoms with Crippen molar-refractivity contribution in [3.63, 3.8) is 0 Å². The van der Waals surface area contributed by atoms with E-state index in [0.29, 0.717) is 16.6 Å². The highest BCUT2D eigenvalue weighted by atomic mass is 35.5. The third-order valence-electron chi connectivity index (χ3n) is 3.32. The highest BCUT2D eigenvalue weighted by molar-refractivity contribution is 6.34. The van der Waals surface area contributed by atoms with Crippen molar-refractivity contribution in [1.82, 2.24) is 10.2 Å². The molecule has 3 nitrogen and oxygen atoms in total. The van der Waals surface area contributed by atoms with Gasteiger partial charge in [0, 0.05) is 29.7 Å².